The van der Waals surface area contributed by atoms with Gasteiger partial charge in [0.2, 0.25) is 0 Å². The molecule has 18 heavy (non-hydrogen) atoms. The van der Waals surface area contributed by atoms with E-state index in [1.807, 2.05) is 0 Å². The number of hydrogen-bond acceptors (Lipinski definition) is 6. The Labute approximate surface area is 104 Å². The number of nitrogens with zero attached hydrogens (tertiary/aromatic N) is 2. The largest absolute Gasteiger partial charge is 0.495 e. The Balaban J connectivity index is 3.46. The number of ether oxygens (including phenoxy) is 1. The van der Waals surface area contributed by atoms with Gasteiger partial charge in [-0.05, 0) is 6.07 Å². The maximum Gasteiger partial charge on any atom is 0.271 e. The molecule has 0 aliphatic rings. The minimum absolute atomic E-state index is 0.00417. The summed E-state index contributed by atoms with van der Waals surface area (Å²) in [5.74, 6) is 0.00417. The monoisotopic (exact) mass is 276 g/mol. The Bertz CT molecular complexity index is 556. The lowest BCUT2D eigenvalue weighted by Gasteiger charge is -2.15. The van der Waals surface area contributed by atoms with Crippen molar-refractivity contribution in [2.24, 2.45) is 0 Å². The second-order valence-corrected chi connectivity index (χ2v) is 5.09. The highest BCUT2D eigenvalue weighted by atomic mass is 32.2. The molecule has 1 rings (SSSR count). The van der Waals surface area contributed by atoms with E-state index in [1.54, 1.807) is 0 Å². The van der Waals surface area contributed by atoms with Gasteiger partial charge in [-0.15, -0.1) is 0 Å². The van der Waals surface area contributed by atoms with Crippen molar-refractivity contribution < 1.29 is 22.9 Å². The van der Waals surface area contributed by atoms with Crippen molar-refractivity contribution in [1.82, 2.24) is 4.47 Å². The van der Waals surface area contributed by atoms with E-state index in [4.69, 9.17) is 4.74 Å². The van der Waals surface area contributed by atoms with Crippen molar-refractivity contribution in [3.05, 3.63) is 28.3 Å². The van der Waals surface area contributed by atoms with Crippen molar-refractivity contribution in [1.29, 1.82) is 0 Å². The summed E-state index contributed by atoms with van der Waals surface area (Å²) in [6.07, 6.45) is 0. The SMILES string of the molecule is COc1ccc([N+](=O)[O-])cc1S(=O)(=O)N(C)OC. The molecule has 0 heterocycles. The van der Waals surface area contributed by atoms with E-state index in [1.165, 1.54) is 27.3 Å². The molecule has 0 fully saturated rings. The Kier molecular flexibility index (Phi) is 4.22. The van der Waals surface area contributed by atoms with Crippen molar-refractivity contribution in [2.45, 2.75) is 4.90 Å². The highest BCUT2D eigenvalue weighted by Crippen LogP contribution is 2.29. The molecule has 0 aliphatic carbocycles. The van der Waals surface area contributed by atoms with Crippen LogP contribution in [0.5, 0.6) is 5.75 Å². The molecule has 0 saturated heterocycles. The Morgan fingerprint density at radius 3 is 2.39 bits per heavy atom. The molecule has 0 amide bonds. The zero-order valence-corrected chi connectivity index (χ0v) is 10.8. The van der Waals surface area contributed by atoms with E-state index >= 15 is 0 Å². The first-order valence-electron chi connectivity index (χ1n) is 4.70. The van der Waals surface area contributed by atoms with Gasteiger partial charge in [-0.1, -0.05) is 4.47 Å². The molecule has 0 aromatic heterocycles. The highest BCUT2D eigenvalue weighted by Gasteiger charge is 2.27. The summed E-state index contributed by atoms with van der Waals surface area (Å²) in [7, 11) is -0.393. The van der Waals surface area contributed by atoms with Crippen molar-refractivity contribution >= 4 is 15.7 Å². The van der Waals surface area contributed by atoms with Crippen LogP contribution >= 0.6 is 0 Å². The number of nitro benzene ring substituents is 1. The predicted octanol–water partition coefficient (Wildman–Crippen LogP) is 0.785. The first-order chi connectivity index (χ1) is 8.34. The number of sulfonamides is 1. The second-order valence-electron chi connectivity index (χ2n) is 3.19. The van der Waals surface area contributed by atoms with Crippen LogP contribution in [0.15, 0.2) is 23.1 Å². The summed E-state index contributed by atoms with van der Waals surface area (Å²) in [4.78, 5) is 14.2. The van der Waals surface area contributed by atoms with Gasteiger partial charge in [0.05, 0.1) is 19.1 Å². The van der Waals surface area contributed by atoms with Gasteiger partial charge in [0, 0.05) is 19.2 Å². The van der Waals surface area contributed by atoms with Gasteiger partial charge in [-0.3, -0.25) is 15.0 Å². The predicted molar refractivity (Wildman–Crippen MR) is 61.6 cm³/mol. The van der Waals surface area contributed by atoms with Gasteiger partial charge in [0.1, 0.15) is 10.6 Å². The second kappa shape index (κ2) is 5.29. The number of benzene rings is 1. The zero-order chi connectivity index (χ0) is 13.9. The fraction of sp³-hybridized carbons (Fsp3) is 0.333. The number of rotatable bonds is 5. The molecule has 0 N–H and O–H groups in total. The Morgan fingerprint density at radius 1 is 1.33 bits per heavy atom. The van der Waals surface area contributed by atoms with E-state index < -0.39 is 14.9 Å². The molecule has 0 saturated carbocycles. The fourth-order valence-corrected chi connectivity index (χ4v) is 2.37. The molecular weight excluding hydrogens is 264 g/mol. The molecule has 1 aromatic rings. The lowest BCUT2D eigenvalue weighted by atomic mass is 10.3. The van der Waals surface area contributed by atoms with Gasteiger partial charge < -0.3 is 4.74 Å². The zero-order valence-electron chi connectivity index (χ0n) is 9.98. The van der Waals surface area contributed by atoms with E-state index in [0.29, 0.717) is 4.47 Å². The number of hydrogen-bond donors (Lipinski definition) is 0. The van der Waals surface area contributed by atoms with Gasteiger partial charge in [-0.2, -0.15) is 0 Å². The summed E-state index contributed by atoms with van der Waals surface area (Å²) in [5.41, 5.74) is -0.348. The average molecular weight is 276 g/mol. The minimum Gasteiger partial charge on any atom is -0.495 e. The Hall–Kier alpha value is -1.71. The number of methoxy groups -OCH3 is 1. The van der Waals surface area contributed by atoms with Crippen LogP contribution < -0.4 is 4.74 Å². The molecule has 100 valence electrons. The van der Waals surface area contributed by atoms with Gasteiger partial charge in [-0.25, -0.2) is 8.42 Å². The quantitative estimate of drug-likeness (QED) is 0.582. The first-order valence-corrected chi connectivity index (χ1v) is 6.14. The molecule has 0 spiro atoms. The molecule has 0 aliphatic heterocycles. The van der Waals surface area contributed by atoms with Gasteiger partial charge >= 0.3 is 0 Å². The van der Waals surface area contributed by atoms with Crippen LogP contribution in [-0.4, -0.2) is 39.1 Å². The van der Waals surface area contributed by atoms with Crippen LogP contribution in [0.3, 0.4) is 0 Å². The van der Waals surface area contributed by atoms with Gasteiger partial charge in [0.25, 0.3) is 15.7 Å². The molecule has 0 unspecified atom stereocenters. The third-order valence-electron chi connectivity index (χ3n) is 2.23. The summed E-state index contributed by atoms with van der Waals surface area (Å²) < 4.78 is 29.5. The average Bonchev–Trinajstić information content (AvgIpc) is 2.36. The fourth-order valence-electron chi connectivity index (χ4n) is 1.22. The van der Waals surface area contributed by atoms with Crippen LogP contribution in [0.1, 0.15) is 0 Å². The number of nitro groups is 1. The molecule has 0 atom stereocenters. The van der Waals surface area contributed by atoms with Crippen LogP contribution in [0.2, 0.25) is 0 Å². The lowest BCUT2D eigenvalue weighted by molar-refractivity contribution is -0.385. The highest BCUT2D eigenvalue weighted by molar-refractivity contribution is 7.89. The smallest absolute Gasteiger partial charge is 0.271 e. The van der Waals surface area contributed by atoms with Crippen LogP contribution in [0.4, 0.5) is 5.69 Å². The number of non-ortho nitro benzene ring substituents is 1. The molecule has 9 heteroatoms. The van der Waals surface area contributed by atoms with Crippen molar-refractivity contribution in [2.75, 3.05) is 21.3 Å². The molecule has 0 bridgehead atoms. The molecular formula is C9H12N2O6S. The van der Waals surface area contributed by atoms with Crippen molar-refractivity contribution in [3.63, 3.8) is 0 Å². The van der Waals surface area contributed by atoms with E-state index in [-0.39, 0.29) is 16.3 Å². The van der Waals surface area contributed by atoms with Gasteiger partial charge in [0.15, 0.2) is 0 Å². The normalized spacial score (nSPS) is 11.6. The molecule has 0 radical (unpaired) electrons. The first kappa shape index (κ1) is 14.4. The van der Waals surface area contributed by atoms with E-state index in [2.05, 4.69) is 4.84 Å². The van der Waals surface area contributed by atoms with Crippen molar-refractivity contribution in [3.8, 4) is 5.75 Å². The topological polar surface area (TPSA) is 99.0 Å². The third-order valence-corrected chi connectivity index (χ3v) is 3.93. The van der Waals surface area contributed by atoms with E-state index in [9.17, 15) is 18.5 Å². The minimum atomic E-state index is -4.01. The number of hydroxylamine groups is 1. The molecule has 1 aromatic carbocycles. The Morgan fingerprint density at radius 2 is 1.94 bits per heavy atom. The standard InChI is InChI=1S/C9H12N2O6S/c1-10(17-3)18(14,15)9-6-7(11(12)13)4-5-8(9)16-2/h4-6H,1-3H3. The van der Waals surface area contributed by atoms with Crippen LogP contribution in [0, 0.1) is 10.1 Å². The third kappa shape index (κ3) is 2.58. The summed E-state index contributed by atoms with van der Waals surface area (Å²) in [5, 5.41) is 10.6. The maximum absolute atomic E-state index is 12.0. The van der Waals surface area contributed by atoms with E-state index in [0.717, 1.165) is 12.1 Å². The lowest BCUT2D eigenvalue weighted by Crippen LogP contribution is -2.26. The summed E-state index contributed by atoms with van der Waals surface area (Å²) >= 11 is 0. The maximum atomic E-state index is 12.0. The summed E-state index contributed by atoms with van der Waals surface area (Å²) in [6.45, 7) is 0. The summed E-state index contributed by atoms with van der Waals surface area (Å²) in [6, 6.07) is 3.29. The molecule has 8 nitrogen and oxygen atoms in total. The van der Waals surface area contributed by atoms with Crippen LogP contribution in [-0.2, 0) is 14.9 Å². The van der Waals surface area contributed by atoms with Crippen LogP contribution in [0.25, 0.3) is 0 Å².